The van der Waals surface area contributed by atoms with Gasteiger partial charge in [0.1, 0.15) is 11.1 Å². The minimum Gasteiger partial charge on any atom is -0.497 e. The van der Waals surface area contributed by atoms with E-state index in [9.17, 15) is 9.59 Å². The molecule has 2 aromatic rings. The molecule has 1 saturated heterocycles. The fourth-order valence-electron chi connectivity index (χ4n) is 3.04. The van der Waals surface area contributed by atoms with E-state index in [0.29, 0.717) is 17.9 Å². The summed E-state index contributed by atoms with van der Waals surface area (Å²) in [6.45, 7) is 2.06. The molecule has 2 amide bonds. The summed E-state index contributed by atoms with van der Waals surface area (Å²) in [6.07, 6.45) is 2.39. The highest BCUT2D eigenvalue weighted by molar-refractivity contribution is 8.00. The molecule has 0 saturated carbocycles. The van der Waals surface area contributed by atoms with Crippen molar-refractivity contribution in [2.24, 2.45) is 0 Å². The normalized spacial score (nSPS) is 16.4. The van der Waals surface area contributed by atoms with Gasteiger partial charge in [-0.1, -0.05) is 31.5 Å². The number of benzene rings is 2. The van der Waals surface area contributed by atoms with Crippen LogP contribution >= 0.6 is 11.8 Å². The van der Waals surface area contributed by atoms with E-state index in [0.717, 1.165) is 29.8 Å². The van der Waals surface area contributed by atoms with Crippen LogP contribution in [0.1, 0.15) is 37.1 Å². The minimum absolute atomic E-state index is 0.0220. The molecule has 1 heterocycles. The van der Waals surface area contributed by atoms with Crippen LogP contribution in [0, 0.1) is 0 Å². The average molecular weight is 385 g/mol. The predicted octanol–water partition coefficient (Wildman–Crippen LogP) is 4.60. The Morgan fingerprint density at radius 2 is 2.07 bits per heavy atom. The van der Waals surface area contributed by atoms with E-state index < -0.39 is 0 Å². The fourth-order valence-corrected chi connectivity index (χ4v) is 4.21. The van der Waals surface area contributed by atoms with Gasteiger partial charge in [0.05, 0.1) is 12.9 Å². The second-order valence-electron chi connectivity index (χ2n) is 6.41. The van der Waals surface area contributed by atoms with Gasteiger partial charge >= 0.3 is 0 Å². The van der Waals surface area contributed by atoms with E-state index in [-0.39, 0.29) is 17.2 Å². The van der Waals surface area contributed by atoms with E-state index in [2.05, 4.69) is 12.2 Å². The molecule has 5 nitrogen and oxygen atoms in total. The molecule has 0 aromatic heterocycles. The number of methoxy groups -OCH3 is 1. The Bertz CT molecular complexity index is 825. The van der Waals surface area contributed by atoms with Crippen LogP contribution in [0.3, 0.4) is 0 Å². The highest BCUT2D eigenvalue weighted by Crippen LogP contribution is 2.42. The van der Waals surface area contributed by atoms with Crippen LogP contribution in [-0.4, -0.2) is 24.7 Å². The molecule has 142 valence electrons. The summed E-state index contributed by atoms with van der Waals surface area (Å²) < 4.78 is 5.29. The lowest BCUT2D eigenvalue weighted by Gasteiger charge is -2.25. The first-order valence-electron chi connectivity index (χ1n) is 9.10. The largest absolute Gasteiger partial charge is 0.497 e. The van der Waals surface area contributed by atoms with Crippen LogP contribution < -0.4 is 15.0 Å². The summed E-state index contributed by atoms with van der Waals surface area (Å²) in [7, 11) is 1.61. The lowest BCUT2D eigenvalue weighted by Crippen LogP contribution is -2.27. The molecule has 1 unspecified atom stereocenters. The number of nitrogens with zero attached hydrogens (tertiary/aromatic N) is 1. The van der Waals surface area contributed by atoms with E-state index >= 15 is 0 Å². The number of carbonyl (C=O) groups excluding carboxylic acids is 2. The van der Waals surface area contributed by atoms with Crippen molar-refractivity contribution in [1.82, 2.24) is 0 Å². The van der Waals surface area contributed by atoms with Gasteiger partial charge in [-0.05, 0) is 36.2 Å². The number of thioether (sulfide) groups is 1. The summed E-state index contributed by atoms with van der Waals surface area (Å²) in [5, 5.41) is 2.83. The van der Waals surface area contributed by atoms with Gasteiger partial charge in [0.15, 0.2) is 0 Å². The molecule has 1 atom stereocenters. The van der Waals surface area contributed by atoms with Crippen LogP contribution in [-0.2, 0) is 9.59 Å². The van der Waals surface area contributed by atoms with Crippen molar-refractivity contribution in [2.75, 3.05) is 23.1 Å². The summed E-state index contributed by atoms with van der Waals surface area (Å²) in [5.41, 5.74) is 2.56. The Morgan fingerprint density at radius 1 is 1.26 bits per heavy atom. The van der Waals surface area contributed by atoms with Gasteiger partial charge in [-0.2, -0.15) is 0 Å². The van der Waals surface area contributed by atoms with Crippen LogP contribution in [0.5, 0.6) is 5.75 Å². The van der Waals surface area contributed by atoms with Crippen LogP contribution in [0.15, 0.2) is 48.5 Å². The Hall–Kier alpha value is -2.47. The van der Waals surface area contributed by atoms with Gasteiger partial charge in [-0.3, -0.25) is 14.5 Å². The highest BCUT2D eigenvalue weighted by Gasteiger charge is 2.34. The minimum atomic E-state index is -0.128. The number of amides is 2. The third kappa shape index (κ3) is 4.63. The third-order valence-corrected chi connectivity index (χ3v) is 5.62. The molecule has 1 N–H and O–H groups in total. The van der Waals surface area contributed by atoms with Crippen molar-refractivity contribution in [3.05, 3.63) is 54.1 Å². The predicted molar refractivity (Wildman–Crippen MR) is 110 cm³/mol. The Morgan fingerprint density at radius 3 is 2.85 bits per heavy atom. The van der Waals surface area contributed by atoms with Crippen LogP contribution in [0.2, 0.25) is 0 Å². The van der Waals surface area contributed by atoms with Gasteiger partial charge < -0.3 is 10.1 Å². The molecule has 0 aliphatic carbocycles. The molecular weight excluding hydrogens is 360 g/mol. The molecule has 27 heavy (non-hydrogen) atoms. The first-order valence-corrected chi connectivity index (χ1v) is 10.1. The second-order valence-corrected chi connectivity index (χ2v) is 7.47. The molecule has 0 bridgehead atoms. The fraction of sp³-hybridized carbons (Fsp3) is 0.333. The number of unbranched alkanes of at least 4 members (excludes halogenated alkanes) is 1. The molecule has 1 fully saturated rings. The summed E-state index contributed by atoms with van der Waals surface area (Å²) in [6, 6.07) is 15.3. The second kappa shape index (κ2) is 8.95. The van der Waals surface area contributed by atoms with Crippen molar-refractivity contribution in [1.29, 1.82) is 0 Å². The molecule has 0 radical (unpaired) electrons. The molecular formula is C21H24N2O3S. The van der Waals surface area contributed by atoms with E-state index in [4.69, 9.17) is 4.74 Å². The zero-order valence-corrected chi connectivity index (χ0v) is 16.4. The number of hydrogen-bond acceptors (Lipinski definition) is 4. The third-order valence-electron chi connectivity index (χ3n) is 4.41. The van der Waals surface area contributed by atoms with Crippen molar-refractivity contribution in [3.8, 4) is 5.75 Å². The number of rotatable bonds is 7. The lowest BCUT2D eigenvalue weighted by atomic mass is 10.1. The maximum Gasteiger partial charge on any atom is 0.238 e. The number of hydrogen-bond donors (Lipinski definition) is 1. The van der Waals surface area contributed by atoms with Gasteiger partial charge in [0.25, 0.3) is 0 Å². The Kier molecular flexibility index (Phi) is 6.40. The smallest absolute Gasteiger partial charge is 0.238 e. The maximum absolute atomic E-state index is 12.5. The quantitative estimate of drug-likeness (QED) is 0.758. The van der Waals surface area contributed by atoms with Crippen LogP contribution in [0.25, 0.3) is 0 Å². The van der Waals surface area contributed by atoms with E-state index in [1.165, 1.54) is 0 Å². The SMILES string of the molecule is CCCCC(=O)Nc1cccc(C2SCC(=O)N2c2cccc(OC)c2)c1. The zero-order valence-electron chi connectivity index (χ0n) is 15.6. The van der Waals surface area contributed by atoms with E-state index in [1.807, 2.05) is 48.5 Å². The number of ether oxygens (including phenoxy) is 1. The lowest BCUT2D eigenvalue weighted by molar-refractivity contribution is -0.116. The molecule has 3 rings (SSSR count). The molecule has 0 spiro atoms. The van der Waals surface area contributed by atoms with Crippen molar-refractivity contribution in [2.45, 2.75) is 31.6 Å². The summed E-state index contributed by atoms with van der Waals surface area (Å²) in [4.78, 5) is 26.3. The molecule has 1 aliphatic heterocycles. The average Bonchev–Trinajstić information content (AvgIpc) is 3.08. The number of nitrogens with one attached hydrogen (secondary N) is 1. The Labute approximate surface area is 164 Å². The van der Waals surface area contributed by atoms with Crippen molar-refractivity contribution >= 4 is 35.0 Å². The van der Waals surface area contributed by atoms with Crippen molar-refractivity contribution in [3.63, 3.8) is 0 Å². The molecule has 6 heteroatoms. The highest BCUT2D eigenvalue weighted by atomic mass is 32.2. The monoisotopic (exact) mass is 384 g/mol. The van der Waals surface area contributed by atoms with Crippen LogP contribution in [0.4, 0.5) is 11.4 Å². The van der Waals surface area contributed by atoms with Crippen molar-refractivity contribution < 1.29 is 14.3 Å². The summed E-state index contributed by atoms with van der Waals surface area (Å²) in [5.74, 6) is 1.23. The van der Waals surface area contributed by atoms with Gasteiger partial charge in [0.2, 0.25) is 11.8 Å². The molecule has 1 aliphatic rings. The maximum atomic E-state index is 12.5. The summed E-state index contributed by atoms with van der Waals surface area (Å²) >= 11 is 1.58. The number of carbonyl (C=O) groups is 2. The Balaban J connectivity index is 1.83. The first-order chi connectivity index (χ1) is 13.1. The topological polar surface area (TPSA) is 58.6 Å². The van der Waals surface area contributed by atoms with E-state index in [1.54, 1.807) is 23.8 Å². The van der Waals surface area contributed by atoms with Gasteiger partial charge in [-0.15, -0.1) is 11.8 Å². The standard InChI is InChI=1S/C21H24N2O3S/c1-3-4-11-19(24)22-16-8-5-7-15(12-16)21-23(20(25)14-27-21)17-9-6-10-18(13-17)26-2/h5-10,12-13,21H,3-4,11,14H2,1-2H3,(H,22,24). The van der Waals surface area contributed by atoms with Gasteiger partial charge in [-0.25, -0.2) is 0 Å². The first kappa shape index (κ1) is 19.3. The zero-order chi connectivity index (χ0) is 19.2. The number of anilines is 2. The molecule has 2 aromatic carbocycles. The van der Waals surface area contributed by atoms with Gasteiger partial charge in [0, 0.05) is 23.9 Å².